The average molecular weight is 549 g/mol. The van der Waals surface area contributed by atoms with Crippen LogP contribution in [0.3, 0.4) is 0 Å². The van der Waals surface area contributed by atoms with E-state index < -0.39 is 12.2 Å². The van der Waals surface area contributed by atoms with Crippen LogP contribution in [-0.2, 0) is 0 Å². The monoisotopic (exact) mass is 548 g/mol. The lowest BCUT2D eigenvalue weighted by Gasteiger charge is -2.36. The predicted molar refractivity (Wildman–Crippen MR) is 94.0 cm³/mol. The molecule has 0 bridgehead atoms. The third kappa shape index (κ3) is 4.72. The Morgan fingerprint density at radius 2 is 1.76 bits per heavy atom. The van der Waals surface area contributed by atoms with Crippen molar-refractivity contribution in [2.45, 2.75) is 12.2 Å². The van der Waals surface area contributed by atoms with E-state index in [1.165, 1.54) is 11.0 Å². The number of aromatic hydroxyl groups is 1. The first-order valence-corrected chi connectivity index (χ1v) is 8.16. The van der Waals surface area contributed by atoms with Gasteiger partial charge in [0.15, 0.2) is 0 Å². The third-order valence-corrected chi connectivity index (χ3v) is 4.62. The molecule has 0 radical (unpaired) electrons. The maximum atomic E-state index is 13.5. The van der Waals surface area contributed by atoms with Gasteiger partial charge in [0, 0.05) is 35.3 Å². The molecule has 9 heteroatoms. The van der Waals surface area contributed by atoms with Crippen LogP contribution in [0.15, 0.2) is 12.1 Å². The van der Waals surface area contributed by atoms with Crippen molar-refractivity contribution in [1.82, 2.24) is 10.2 Å². The number of piperazine rings is 1. The summed E-state index contributed by atoms with van der Waals surface area (Å²) in [6.45, 7) is 1.67. The Hall–Kier alpha value is 0.480. The summed E-state index contributed by atoms with van der Waals surface area (Å²) in [7, 11) is 0. The molecule has 1 aromatic rings. The van der Waals surface area contributed by atoms with Crippen molar-refractivity contribution in [3.8, 4) is 5.75 Å². The summed E-state index contributed by atoms with van der Waals surface area (Å²) >= 11 is 3.82. The topological polar surface area (TPSA) is 35.5 Å². The van der Waals surface area contributed by atoms with Crippen LogP contribution in [0.4, 0.5) is 13.2 Å². The molecule has 0 aliphatic carbocycles. The Kier molecular flexibility index (Phi) is 7.29. The number of nitrogens with zero attached hydrogens (tertiary/aromatic N) is 1. The smallest absolute Gasteiger partial charge is 0.408 e. The van der Waals surface area contributed by atoms with E-state index in [9.17, 15) is 18.3 Å². The average Bonchev–Trinajstić information content (AvgIpc) is 2.35. The predicted octanol–water partition coefficient (Wildman–Crippen LogP) is 3.53. The molecule has 2 rings (SSSR count). The zero-order chi connectivity index (χ0) is 14.9. The second-order valence-corrected chi connectivity index (χ2v) is 6.96. The molecule has 1 aliphatic heterocycles. The molecule has 1 fully saturated rings. The van der Waals surface area contributed by atoms with E-state index in [1.54, 1.807) is 6.07 Å². The molecule has 1 saturated heterocycles. The van der Waals surface area contributed by atoms with Crippen molar-refractivity contribution in [2.75, 3.05) is 26.2 Å². The number of phenols is 1. The van der Waals surface area contributed by atoms with Crippen molar-refractivity contribution < 1.29 is 18.3 Å². The normalized spacial score (nSPS) is 18.1. The molecule has 0 aromatic heterocycles. The molecule has 21 heavy (non-hydrogen) atoms. The van der Waals surface area contributed by atoms with Crippen molar-refractivity contribution in [2.24, 2.45) is 0 Å². The fourth-order valence-corrected chi connectivity index (χ4v) is 4.20. The standard InChI is InChI=1S/C12H13F3I2N2O.ClH/c13-12(14,15)11(19-3-1-18-2-4-19)8-5-7(16)6-9(17)10(8)20;/h5-6,11,18,20H,1-4H2;1H/t11-;/m1./s1. The number of halogens is 6. The number of benzene rings is 1. The largest absolute Gasteiger partial charge is 0.506 e. The van der Waals surface area contributed by atoms with E-state index in [0.717, 1.165) is 0 Å². The van der Waals surface area contributed by atoms with Gasteiger partial charge in [-0.1, -0.05) is 0 Å². The fourth-order valence-electron chi connectivity index (χ4n) is 2.31. The highest BCUT2D eigenvalue weighted by Crippen LogP contribution is 2.43. The maximum absolute atomic E-state index is 13.5. The van der Waals surface area contributed by atoms with E-state index in [-0.39, 0.29) is 23.7 Å². The number of hydrogen-bond donors (Lipinski definition) is 2. The van der Waals surface area contributed by atoms with Crippen LogP contribution in [-0.4, -0.2) is 42.4 Å². The Morgan fingerprint density at radius 3 is 2.29 bits per heavy atom. The molecule has 1 heterocycles. The highest BCUT2D eigenvalue weighted by molar-refractivity contribution is 14.1. The lowest BCUT2D eigenvalue weighted by atomic mass is 10.0. The van der Waals surface area contributed by atoms with Crippen LogP contribution in [0.5, 0.6) is 5.75 Å². The molecular weight excluding hydrogens is 534 g/mol. The van der Waals surface area contributed by atoms with Gasteiger partial charge in [-0.3, -0.25) is 4.90 Å². The molecular formula is C12H14ClF3I2N2O. The first kappa shape index (κ1) is 19.5. The minimum Gasteiger partial charge on any atom is -0.506 e. The molecule has 0 saturated carbocycles. The second kappa shape index (κ2) is 7.84. The minimum absolute atomic E-state index is 0. The molecule has 0 spiro atoms. The van der Waals surface area contributed by atoms with Gasteiger partial charge in [0.05, 0.1) is 3.57 Å². The number of nitrogens with one attached hydrogen (secondary N) is 1. The Balaban J connectivity index is 0.00000220. The van der Waals surface area contributed by atoms with E-state index in [0.29, 0.717) is 33.3 Å². The van der Waals surface area contributed by atoms with E-state index in [1.807, 2.05) is 45.2 Å². The highest BCUT2D eigenvalue weighted by Gasteiger charge is 2.46. The van der Waals surface area contributed by atoms with Crippen LogP contribution in [0.1, 0.15) is 11.6 Å². The lowest BCUT2D eigenvalue weighted by Crippen LogP contribution is -2.49. The molecule has 1 aliphatic rings. The Bertz CT molecular complexity index is 496. The molecule has 120 valence electrons. The summed E-state index contributed by atoms with van der Waals surface area (Å²) in [4.78, 5) is 1.37. The van der Waals surface area contributed by atoms with E-state index >= 15 is 0 Å². The summed E-state index contributed by atoms with van der Waals surface area (Å²) in [5, 5.41) is 13.1. The minimum atomic E-state index is -4.41. The van der Waals surface area contributed by atoms with Crippen LogP contribution in [0.25, 0.3) is 0 Å². The van der Waals surface area contributed by atoms with E-state index in [2.05, 4.69) is 5.32 Å². The first-order valence-electron chi connectivity index (χ1n) is 6.00. The molecule has 1 aromatic carbocycles. The van der Waals surface area contributed by atoms with Gasteiger partial charge < -0.3 is 10.4 Å². The molecule has 0 amide bonds. The number of hydrogen-bond acceptors (Lipinski definition) is 3. The lowest BCUT2D eigenvalue weighted by molar-refractivity contribution is -0.188. The van der Waals surface area contributed by atoms with Crippen molar-refractivity contribution in [3.05, 3.63) is 24.8 Å². The van der Waals surface area contributed by atoms with Crippen molar-refractivity contribution in [1.29, 1.82) is 0 Å². The molecule has 0 unspecified atom stereocenters. The summed E-state index contributed by atoms with van der Waals surface area (Å²) in [6, 6.07) is 1.32. The molecule has 3 nitrogen and oxygen atoms in total. The highest BCUT2D eigenvalue weighted by atomic mass is 127. The van der Waals surface area contributed by atoms with Gasteiger partial charge >= 0.3 is 6.18 Å². The summed E-state index contributed by atoms with van der Waals surface area (Å²) in [5.41, 5.74) is -0.0595. The van der Waals surface area contributed by atoms with Crippen LogP contribution < -0.4 is 5.32 Å². The van der Waals surface area contributed by atoms with Gasteiger partial charge in [0.25, 0.3) is 0 Å². The van der Waals surface area contributed by atoms with E-state index in [4.69, 9.17) is 0 Å². The number of alkyl halides is 3. The van der Waals surface area contributed by atoms with Crippen molar-refractivity contribution >= 4 is 57.6 Å². The van der Waals surface area contributed by atoms with Gasteiger partial charge in [-0.25, -0.2) is 0 Å². The van der Waals surface area contributed by atoms with Crippen LogP contribution in [0, 0.1) is 7.14 Å². The quantitative estimate of drug-likeness (QED) is 0.556. The number of phenolic OH excluding ortho intramolecular Hbond substituents is 1. The van der Waals surface area contributed by atoms with Crippen LogP contribution in [0.2, 0.25) is 0 Å². The molecule has 1 atom stereocenters. The second-order valence-electron chi connectivity index (χ2n) is 4.56. The zero-order valence-electron chi connectivity index (χ0n) is 10.8. The number of rotatable bonds is 2. The van der Waals surface area contributed by atoms with Gasteiger partial charge in [-0.2, -0.15) is 13.2 Å². The summed E-state index contributed by atoms with van der Waals surface area (Å²) in [5.74, 6) is -0.271. The SMILES string of the molecule is Cl.Oc1c(I)cc(I)cc1[C@@H](N1CCNCC1)C(F)(F)F. The zero-order valence-corrected chi connectivity index (χ0v) is 15.9. The van der Waals surface area contributed by atoms with Gasteiger partial charge in [-0.05, 0) is 57.3 Å². The van der Waals surface area contributed by atoms with Gasteiger partial charge in [-0.15, -0.1) is 12.4 Å². The summed E-state index contributed by atoms with van der Waals surface area (Å²) < 4.78 is 41.5. The van der Waals surface area contributed by atoms with Gasteiger partial charge in [0.2, 0.25) is 0 Å². The Morgan fingerprint density at radius 1 is 1.19 bits per heavy atom. The molecule has 2 N–H and O–H groups in total. The fraction of sp³-hybridized carbons (Fsp3) is 0.500. The van der Waals surface area contributed by atoms with Gasteiger partial charge in [0.1, 0.15) is 11.8 Å². The van der Waals surface area contributed by atoms with Crippen LogP contribution >= 0.6 is 57.6 Å². The van der Waals surface area contributed by atoms with Crippen molar-refractivity contribution in [3.63, 3.8) is 0 Å². The summed E-state index contributed by atoms with van der Waals surface area (Å²) in [6.07, 6.45) is -4.41. The Labute approximate surface area is 154 Å². The maximum Gasteiger partial charge on any atom is 0.408 e. The third-order valence-electron chi connectivity index (χ3n) is 3.18. The first-order chi connectivity index (χ1) is 9.30.